The minimum Gasteiger partial charge on any atom is -0.471 e. The third kappa shape index (κ3) is 3.01. The van der Waals surface area contributed by atoms with Crippen LogP contribution in [0.5, 0.6) is 5.75 Å². The summed E-state index contributed by atoms with van der Waals surface area (Å²) in [5.74, 6) is 0.801. The number of pyridine rings is 2. The summed E-state index contributed by atoms with van der Waals surface area (Å²) in [4.78, 5) is 9.99. The van der Waals surface area contributed by atoms with Crippen LogP contribution in [0.25, 0.3) is 0 Å². The van der Waals surface area contributed by atoms with Crippen LogP contribution in [0.3, 0.4) is 0 Å². The Hall–Kier alpha value is -1.94. The molecule has 0 spiro atoms. The van der Waals surface area contributed by atoms with E-state index in [2.05, 4.69) is 9.97 Å². The fourth-order valence-corrected chi connectivity index (χ4v) is 1.55. The van der Waals surface area contributed by atoms with Crippen molar-refractivity contribution < 1.29 is 4.74 Å². The Morgan fingerprint density at radius 3 is 2.00 bits per heavy atom. The van der Waals surface area contributed by atoms with Gasteiger partial charge in [-0.15, -0.1) is 0 Å². The van der Waals surface area contributed by atoms with Gasteiger partial charge in [-0.1, -0.05) is 0 Å². The molecule has 1 unspecified atom stereocenters. The fraction of sp³-hybridized carbons (Fsp3) is 0.231. The predicted octanol–water partition coefficient (Wildman–Crippen LogP) is 2.12. The number of rotatable bonds is 4. The van der Waals surface area contributed by atoms with E-state index in [0.29, 0.717) is 0 Å². The first kappa shape index (κ1) is 11.5. The normalized spacial score (nSPS) is 12.4. The second kappa shape index (κ2) is 5.41. The van der Waals surface area contributed by atoms with Crippen molar-refractivity contribution in [2.24, 2.45) is 0 Å². The lowest BCUT2D eigenvalue weighted by molar-refractivity contribution is 0.0638. The average Bonchev–Trinajstić information content (AvgIpc) is 2.38. The van der Waals surface area contributed by atoms with E-state index >= 15 is 0 Å². The van der Waals surface area contributed by atoms with Crippen molar-refractivity contribution in [3.8, 4) is 5.75 Å². The number of hydrogen-bond acceptors (Lipinski definition) is 4. The number of aromatic nitrogens is 2. The van der Waals surface area contributed by atoms with Crippen LogP contribution in [0.2, 0.25) is 0 Å². The van der Waals surface area contributed by atoms with E-state index in [1.165, 1.54) is 0 Å². The van der Waals surface area contributed by atoms with Gasteiger partial charge in [0.1, 0.15) is 5.75 Å². The Bertz CT molecular complexity index is 445. The van der Waals surface area contributed by atoms with Gasteiger partial charge in [0, 0.05) is 30.4 Å². The second-order valence-electron chi connectivity index (χ2n) is 3.90. The minimum absolute atomic E-state index is 0.125. The highest BCUT2D eigenvalue weighted by Gasteiger charge is 2.15. The van der Waals surface area contributed by atoms with E-state index in [0.717, 1.165) is 11.3 Å². The van der Waals surface area contributed by atoms with E-state index in [1.54, 1.807) is 24.8 Å². The van der Waals surface area contributed by atoms with Gasteiger partial charge in [0.25, 0.3) is 0 Å². The Labute approximate surface area is 101 Å². The molecule has 2 rings (SSSR count). The molecule has 2 aromatic rings. The highest BCUT2D eigenvalue weighted by atomic mass is 16.5. The summed E-state index contributed by atoms with van der Waals surface area (Å²) in [6, 6.07) is 7.59. The molecule has 0 radical (unpaired) electrons. The first-order valence-corrected chi connectivity index (χ1v) is 5.40. The maximum absolute atomic E-state index is 5.92. The zero-order valence-electron chi connectivity index (χ0n) is 9.95. The van der Waals surface area contributed by atoms with Gasteiger partial charge in [0.2, 0.25) is 0 Å². The van der Waals surface area contributed by atoms with Crippen LogP contribution in [-0.4, -0.2) is 29.0 Å². The summed E-state index contributed by atoms with van der Waals surface area (Å²) < 4.78 is 5.92. The maximum atomic E-state index is 5.92. The Balaban J connectivity index is 2.20. The lowest BCUT2D eigenvalue weighted by Crippen LogP contribution is -2.25. The summed E-state index contributed by atoms with van der Waals surface area (Å²) in [6.45, 7) is 0. The van der Waals surface area contributed by atoms with Crippen molar-refractivity contribution in [2.45, 2.75) is 6.23 Å². The van der Waals surface area contributed by atoms with Crippen LogP contribution in [0.15, 0.2) is 49.1 Å². The largest absolute Gasteiger partial charge is 0.471 e. The van der Waals surface area contributed by atoms with Gasteiger partial charge in [-0.3, -0.25) is 14.9 Å². The molecule has 2 heterocycles. The number of nitrogens with zero attached hydrogens (tertiary/aromatic N) is 3. The molecule has 0 aliphatic heterocycles. The molecular weight excluding hydrogens is 214 g/mol. The molecule has 0 aliphatic rings. The van der Waals surface area contributed by atoms with Gasteiger partial charge in [0.05, 0.1) is 0 Å². The molecule has 0 N–H and O–H groups in total. The van der Waals surface area contributed by atoms with Crippen molar-refractivity contribution in [3.63, 3.8) is 0 Å². The average molecular weight is 229 g/mol. The second-order valence-corrected chi connectivity index (χ2v) is 3.90. The highest BCUT2D eigenvalue weighted by Crippen LogP contribution is 2.22. The topological polar surface area (TPSA) is 38.2 Å². The predicted molar refractivity (Wildman–Crippen MR) is 65.5 cm³/mol. The third-order valence-corrected chi connectivity index (χ3v) is 2.36. The van der Waals surface area contributed by atoms with E-state index < -0.39 is 0 Å². The zero-order valence-corrected chi connectivity index (χ0v) is 9.95. The molecule has 2 aromatic heterocycles. The molecule has 4 nitrogen and oxygen atoms in total. The molecule has 88 valence electrons. The molecule has 17 heavy (non-hydrogen) atoms. The van der Waals surface area contributed by atoms with Gasteiger partial charge >= 0.3 is 0 Å². The molecule has 0 bridgehead atoms. The quantitative estimate of drug-likeness (QED) is 0.753. The standard InChI is InChI=1S/C13H15N3O/c1-16(2)13(11-3-7-14-8-4-11)17-12-5-9-15-10-6-12/h3-10,13H,1-2H3. The fourth-order valence-electron chi connectivity index (χ4n) is 1.55. The van der Waals surface area contributed by atoms with Crippen molar-refractivity contribution in [2.75, 3.05) is 14.1 Å². The summed E-state index contributed by atoms with van der Waals surface area (Å²) in [6.07, 6.45) is 6.84. The number of ether oxygens (including phenoxy) is 1. The van der Waals surface area contributed by atoms with Crippen molar-refractivity contribution in [1.29, 1.82) is 0 Å². The van der Waals surface area contributed by atoms with Gasteiger partial charge < -0.3 is 4.74 Å². The van der Waals surface area contributed by atoms with Crippen molar-refractivity contribution in [3.05, 3.63) is 54.6 Å². The molecule has 0 saturated carbocycles. The Kier molecular flexibility index (Phi) is 3.67. The summed E-state index contributed by atoms with van der Waals surface area (Å²) in [7, 11) is 3.96. The van der Waals surface area contributed by atoms with Gasteiger partial charge in [-0.05, 0) is 38.4 Å². The highest BCUT2D eigenvalue weighted by molar-refractivity contribution is 5.20. The lowest BCUT2D eigenvalue weighted by atomic mass is 10.2. The SMILES string of the molecule is CN(C)C(Oc1ccncc1)c1ccncc1. The van der Waals surface area contributed by atoms with E-state index in [1.807, 2.05) is 43.3 Å². The van der Waals surface area contributed by atoms with Crippen LogP contribution in [0.4, 0.5) is 0 Å². The number of hydrogen-bond donors (Lipinski definition) is 0. The monoisotopic (exact) mass is 229 g/mol. The lowest BCUT2D eigenvalue weighted by Gasteiger charge is -2.25. The van der Waals surface area contributed by atoms with Crippen molar-refractivity contribution in [1.82, 2.24) is 14.9 Å². The first-order chi connectivity index (χ1) is 8.27. The summed E-state index contributed by atoms with van der Waals surface area (Å²) in [5.41, 5.74) is 1.07. The molecule has 0 fully saturated rings. The summed E-state index contributed by atoms with van der Waals surface area (Å²) in [5, 5.41) is 0. The van der Waals surface area contributed by atoms with Gasteiger partial charge in [-0.2, -0.15) is 0 Å². The van der Waals surface area contributed by atoms with Crippen LogP contribution < -0.4 is 4.74 Å². The van der Waals surface area contributed by atoms with Crippen LogP contribution in [-0.2, 0) is 0 Å². The van der Waals surface area contributed by atoms with Crippen LogP contribution in [0.1, 0.15) is 11.8 Å². The van der Waals surface area contributed by atoms with Gasteiger partial charge in [-0.25, -0.2) is 0 Å². The summed E-state index contributed by atoms with van der Waals surface area (Å²) >= 11 is 0. The minimum atomic E-state index is -0.125. The molecule has 0 saturated heterocycles. The van der Waals surface area contributed by atoms with Crippen LogP contribution in [0, 0.1) is 0 Å². The third-order valence-electron chi connectivity index (χ3n) is 2.36. The van der Waals surface area contributed by atoms with E-state index in [4.69, 9.17) is 4.74 Å². The molecule has 0 aliphatic carbocycles. The first-order valence-electron chi connectivity index (χ1n) is 5.40. The molecule has 0 amide bonds. The molecule has 4 heteroatoms. The maximum Gasteiger partial charge on any atom is 0.178 e. The van der Waals surface area contributed by atoms with Crippen LogP contribution >= 0.6 is 0 Å². The zero-order chi connectivity index (χ0) is 12.1. The smallest absolute Gasteiger partial charge is 0.178 e. The Morgan fingerprint density at radius 2 is 1.47 bits per heavy atom. The Morgan fingerprint density at radius 1 is 0.941 bits per heavy atom. The van der Waals surface area contributed by atoms with E-state index in [-0.39, 0.29) is 6.23 Å². The molecular formula is C13H15N3O. The van der Waals surface area contributed by atoms with Gasteiger partial charge in [0.15, 0.2) is 6.23 Å². The molecule has 1 atom stereocenters. The molecule has 0 aromatic carbocycles. The van der Waals surface area contributed by atoms with Crippen molar-refractivity contribution >= 4 is 0 Å². The van der Waals surface area contributed by atoms with E-state index in [9.17, 15) is 0 Å².